The van der Waals surface area contributed by atoms with E-state index in [0.29, 0.717) is 59.3 Å². The van der Waals surface area contributed by atoms with Gasteiger partial charge in [-0.15, -0.1) is 0 Å². The van der Waals surface area contributed by atoms with E-state index in [0.717, 1.165) is 66.5 Å². The highest BCUT2D eigenvalue weighted by molar-refractivity contribution is 6.23. The topological polar surface area (TPSA) is 219 Å². The molecule has 6 amide bonds. The summed E-state index contributed by atoms with van der Waals surface area (Å²) in [6.45, 7) is 16.0. The Balaban J connectivity index is 0.772. The van der Waals surface area contributed by atoms with Crippen molar-refractivity contribution in [2.45, 2.75) is 104 Å². The van der Waals surface area contributed by atoms with Crippen molar-refractivity contribution in [1.29, 1.82) is 0 Å². The molecule has 4 atom stereocenters. The molecule has 77 heavy (non-hydrogen) atoms. The Bertz CT molecular complexity index is 3400. The van der Waals surface area contributed by atoms with Crippen LogP contribution in [0.25, 0.3) is 11.3 Å². The third-order valence-corrected chi connectivity index (χ3v) is 16.6. The van der Waals surface area contributed by atoms with Crippen molar-refractivity contribution in [3.8, 4) is 11.3 Å². The molecular weight excluding hydrogens is 981 g/mol. The lowest BCUT2D eigenvalue weighted by atomic mass is 9.90. The van der Waals surface area contributed by atoms with Gasteiger partial charge in [0.1, 0.15) is 17.6 Å². The fraction of sp³-hybridized carbons (Fsp3) is 0.421. The lowest BCUT2D eigenvalue weighted by Crippen LogP contribution is -2.58. The van der Waals surface area contributed by atoms with Crippen LogP contribution in [-0.2, 0) is 47.4 Å². The van der Waals surface area contributed by atoms with Crippen LogP contribution in [0.4, 0.5) is 34.4 Å². The number of carbonyl (C=O) groups excluding carboxylic acids is 6. The van der Waals surface area contributed by atoms with Gasteiger partial charge in [-0.2, -0.15) is 0 Å². The maximum Gasteiger partial charge on any atom is 0.293 e. The van der Waals surface area contributed by atoms with Crippen LogP contribution < -0.4 is 30.9 Å². The van der Waals surface area contributed by atoms with Crippen molar-refractivity contribution >= 4 is 69.8 Å². The molecule has 2 unspecified atom stereocenters. The summed E-state index contributed by atoms with van der Waals surface area (Å²) in [5.74, 6) is -2.13. The molecule has 2 aromatic carbocycles. The second-order valence-electron chi connectivity index (χ2n) is 22.2. The maximum absolute atomic E-state index is 14.1. The van der Waals surface area contributed by atoms with Gasteiger partial charge in [-0.1, -0.05) is 20.4 Å². The molecule has 8 heterocycles. The molecule has 20 nitrogen and oxygen atoms in total. The number of aromatic nitrogens is 4. The van der Waals surface area contributed by atoms with E-state index < -0.39 is 41.8 Å². The number of aliphatic hydroxyl groups excluding tert-OH is 1. The van der Waals surface area contributed by atoms with E-state index in [1.54, 1.807) is 48.6 Å². The number of amides is 6. The molecule has 20 heteroatoms. The van der Waals surface area contributed by atoms with Crippen LogP contribution in [0.2, 0.25) is 0 Å². The third kappa shape index (κ3) is 8.95. The highest BCUT2D eigenvalue weighted by Gasteiger charge is 2.47. The van der Waals surface area contributed by atoms with Gasteiger partial charge >= 0.3 is 0 Å². The zero-order valence-electron chi connectivity index (χ0n) is 44.3. The molecule has 11 rings (SSSR count). The van der Waals surface area contributed by atoms with Crippen molar-refractivity contribution in [1.82, 2.24) is 33.8 Å². The predicted octanol–water partition coefficient (Wildman–Crippen LogP) is 5.10. The van der Waals surface area contributed by atoms with Crippen molar-refractivity contribution in [3.63, 3.8) is 0 Å². The normalized spacial score (nSPS) is 22.4. The number of aryl methyl sites for hydroxylation is 1. The third-order valence-electron chi connectivity index (χ3n) is 16.6. The van der Waals surface area contributed by atoms with Gasteiger partial charge in [-0.05, 0) is 112 Å². The molecule has 3 N–H and O–H groups in total. The molecule has 5 aromatic rings. The molecule has 0 radical (unpaired) electrons. The van der Waals surface area contributed by atoms with Crippen molar-refractivity contribution in [2.24, 2.45) is 12.5 Å². The molecule has 1 aliphatic carbocycles. The Kier molecular flexibility index (Phi) is 13.0. The van der Waals surface area contributed by atoms with E-state index in [1.807, 2.05) is 24.3 Å². The number of likely N-dealkylation sites (N-methyl/N-ethyl adjacent to an activating group) is 1. The van der Waals surface area contributed by atoms with Gasteiger partial charge in [0.15, 0.2) is 5.82 Å². The minimum atomic E-state index is -1.01. The number of pyridine rings is 1. The molecule has 3 aromatic heterocycles. The number of benzene rings is 2. The van der Waals surface area contributed by atoms with Crippen molar-refractivity contribution in [2.75, 3.05) is 65.1 Å². The largest absolute Gasteiger partial charge is 0.392 e. The number of hydrogen-bond donors (Lipinski definition) is 3. The minimum Gasteiger partial charge on any atom is -0.392 e. The zero-order chi connectivity index (χ0) is 54.4. The summed E-state index contributed by atoms with van der Waals surface area (Å²) >= 11 is 0. The van der Waals surface area contributed by atoms with E-state index in [-0.39, 0.29) is 65.1 Å². The van der Waals surface area contributed by atoms with Crippen molar-refractivity contribution in [3.05, 3.63) is 118 Å². The van der Waals surface area contributed by atoms with E-state index in [9.17, 15) is 38.7 Å². The number of nitrogens with zero attached hydrogens (tertiary/aromatic N) is 10. The number of carbonyl (C=O) groups is 6. The summed E-state index contributed by atoms with van der Waals surface area (Å²) in [6, 6.07) is 14.0. The Labute approximate surface area is 445 Å². The highest BCUT2D eigenvalue weighted by Crippen LogP contribution is 2.41. The number of likely N-dealkylation sites (tertiary alicyclic amines) is 1. The Morgan fingerprint density at radius 2 is 1.65 bits per heavy atom. The van der Waals surface area contributed by atoms with Crippen LogP contribution in [0, 0.1) is 5.41 Å². The number of hydrogen-bond acceptors (Lipinski definition) is 14. The SMILES string of the molecule is C=CC(=O)Nc1cc(Nc2nc(-c3ccnc(N4CCn5c(cc6c5CC(C)(C)C6)C4=O)c3CO)cn(C)c2=O)ccc1N1CCN(C2CCN(c3ccc4c(c3)C(=O)N(C3CCC(=O)N(C)C3=O)C4=O)[C@H](C)C2)C[C@@H]1C. The van der Waals surface area contributed by atoms with Gasteiger partial charge < -0.3 is 34.7 Å². The summed E-state index contributed by atoms with van der Waals surface area (Å²) < 4.78 is 3.54. The number of piperazine rings is 1. The smallest absolute Gasteiger partial charge is 0.293 e. The average Bonchev–Trinajstić information content (AvgIpc) is 4.09. The zero-order valence-corrected chi connectivity index (χ0v) is 44.3. The van der Waals surface area contributed by atoms with Crippen molar-refractivity contribution < 1.29 is 33.9 Å². The summed E-state index contributed by atoms with van der Waals surface area (Å²) in [5.41, 5.74) is 7.27. The summed E-state index contributed by atoms with van der Waals surface area (Å²) in [7, 11) is 3.00. The summed E-state index contributed by atoms with van der Waals surface area (Å²) in [5, 5.41) is 17.1. The summed E-state index contributed by atoms with van der Waals surface area (Å²) in [4.78, 5) is 113. The second-order valence-corrected chi connectivity index (χ2v) is 22.2. The fourth-order valence-corrected chi connectivity index (χ4v) is 12.7. The van der Waals surface area contributed by atoms with E-state index in [4.69, 9.17) is 4.98 Å². The number of rotatable bonds is 11. The summed E-state index contributed by atoms with van der Waals surface area (Å²) in [6.07, 6.45) is 8.13. The molecule has 400 valence electrons. The number of nitrogens with one attached hydrogen (secondary N) is 2. The van der Waals surface area contributed by atoms with Crippen LogP contribution in [0.5, 0.6) is 0 Å². The lowest BCUT2D eigenvalue weighted by molar-refractivity contribution is -0.149. The van der Waals surface area contributed by atoms with Crippen LogP contribution in [0.15, 0.2) is 78.4 Å². The van der Waals surface area contributed by atoms with Crippen LogP contribution >= 0.6 is 0 Å². The highest BCUT2D eigenvalue weighted by atomic mass is 16.3. The second kappa shape index (κ2) is 19.6. The van der Waals surface area contributed by atoms with Crippen LogP contribution in [0.1, 0.15) is 101 Å². The first-order valence-corrected chi connectivity index (χ1v) is 26.5. The number of imide groups is 2. The lowest BCUT2D eigenvalue weighted by Gasteiger charge is -2.48. The van der Waals surface area contributed by atoms with Crippen LogP contribution in [-0.4, -0.2) is 138 Å². The Morgan fingerprint density at radius 3 is 2.40 bits per heavy atom. The van der Waals surface area contributed by atoms with Gasteiger partial charge in [-0.25, -0.2) is 9.97 Å². The maximum atomic E-state index is 14.1. The standard InChI is InChI=1S/C57H64N12O8/c1-8-48(71)60-42-25-35(59-50-56(77)62(6)30-43(61-50)38-15-17-58-51(41(38)31-70)68-22-21-67-46(55(68)76)24-34-27-57(4,5)28-47(34)67)9-12-44(42)66-20-19-64(29-33(66)3)36-16-18-65(32(2)23-36)37-10-11-39-40(26-37)53(74)69(52(39)73)45-13-14-49(72)63(7)54(45)75/h8-12,15,17,24-26,30,32-33,36,45,70H,1,13-14,16,18-23,27-29,31H2,2-7H3,(H,59,61)(H,60,71)/t32-,33+,36?,45?/m1/s1. The van der Waals surface area contributed by atoms with Gasteiger partial charge in [0.05, 0.1) is 34.8 Å². The van der Waals surface area contributed by atoms with Gasteiger partial charge in [0.25, 0.3) is 29.2 Å². The first-order valence-electron chi connectivity index (χ1n) is 26.5. The molecular formula is C57H64N12O8. The molecule has 0 bridgehead atoms. The Hall–Kier alpha value is -7.97. The first-order chi connectivity index (χ1) is 36.8. The van der Waals surface area contributed by atoms with E-state index in [2.05, 4.69) is 69.2 Å². The van der Waals surface area contributed by atoms with Gasteiger partial charge in [-0.3, -0.25) is 53.2 Å². The molecule has 6 aliphatic rings. The monoisotopic (exact) mass is 1040 g/mol. The molecule has 0 spiro atoms. The van der Waals surface area contributed by atoms with Gasteiger partial charge in [0, 0.05) is 118 Å². The minimum absolute atomic E-state index is 0.0131. The number of fused-ring (bicyclic) bond motifs is 4. The van der Waals surface area contributed by atoms with E-state index >= 15 is 0 Å². The molecule has 0 saturated carbocycles. The number of anilines is 6. The van der Waals surface area contributed by atoms with Gasteiger partial charge in [0.2, 0.25) is 11.8 Å². The van der Waals surface area contributed by atoms with Crippen LogP contribution in [0.3, 0.4) is 0 Å². The quantitative estimate of drug-likeness (QED) is 0.116. The number of aliphatic hydroxyl groups is 1. The average molecular weight is 1050 g/mol. The predicted molar refractivity (Wildman–Crippen MR) is 290 cm³/mol. The molecule has 3 fully saturated rings. The Morgan fingerprint density at radius 1 is 0.857 bits per heavy atom. The number of piperidine rings is 2. The fourth-order valence-electron chi connectivity index (χ4n) is 12.7. The molecule has 3 saturated heterocycles. The first kappa shape index (κ1) is 51.2. The van der Waals surface area contributed by atoms with E-state index in [1.165, 1.54) is 28.9 Å². The molecule has 5 aliphatic heterocycles.